The average molecular weight is 592 g/mol. The topological polar surface area (TPSA) is 123 Å². The summed E-state index contributed by atoms with van der Waals surface area (Å²) in [7, 11) is 0. The molecular formula is C35H33N3O6. The molecule has 5 aromatic rings. The number of benzene rings is 4. The first-order chi connectivity index (χ1) is 21.2. The number of rotatable bonds is 9. The first kappa shape index (κ1) is 30.0. The lowest BCUT2D eigenvalue weighted by molar-refractivity contribution is 0.0947. The molecule has 0 radical (unpaired) electrons. The lowest BCUT2D eigenvalue weighted by atomic mass is 10.0. The summed E-state index contributed by atoms with van der Waals surface area (Å²) < 4.78 is 12.8. The van der Waals surface area contributed by atoms with Gasteiger partial charge in [-0.15, -0.1) is 10.2 Å². The Kier molecular flexibility index (Phi) is 8.76. The highest BCUT2D eigenvalue weighted by Crippen LogP contribution is 2.39. The summed E-state index contributed by atoms with van der Waals surface area (Å²) >= 11 is 0. The third kappa shape index (κ3) is 6.32. The summed E-state index contributed by atoms with van der Waals surface area (Å²) in [5.74, 6) is -0.0674. The fraction of sp³-hybridized carbons (Fsp3) is 0.200. The number of carbonyl (C=O) groups is 2. The Balaban J connectivity index is 1.27. The van der Waals surface area contributed by atoms with Crippen LogP contribution in [0, 0.1) is 6.92 Å². The Morgan fingerprint density at radius 2 is 1.41 bits per heavy atom. The van der Waals surface area contributed by atoms with Gasteiger partial charge in [0, 0.05) is 21.9 Å². The standard InChI is InChI=1S/C35H33N3O6/c1-5-43-27-14-12-26(13-15-27)38-34(41)29-17-11-25(19-30(29)35(38)42)33(40)37-36-32(39)24-9-7-23(8-10-24)20-44-31-18-22(4)6-16-28(31)21(2)3/h6-19,21,41-42H,5,20H2,1-4H3. The predicted octanol–water partition coefficient (Wildman–Crippen LogP) is 7.88. The minimum Gasteiger partial charge on any atom is -0.494 e. The normalized spacial score (nSPS) is 11.4. The molecule has 0 saturated carbocycles. The molecule has 0 atom stereocenters. The maximum atomic E-state index is 12.8. The number of azo groups is 1. The molecule has 1 aromatic heterocycles. The monoisotopic (exact) mass is 591 g/mol. The van der Waals surface area contributed by atoms with Crippen LogP contribution in [0.15, 0.2) is 95.2 Å². The van der Waals surface area contributed by atoms with Crippen LogP contribution in [0.1, 0.15) is 64.1 Å². The van der Waals surface area contributed by atoms with Gasteiger partial charge in [0.2, 0.25) is 11.8 Å². The first-order valence-corrected chi connectivity index (χ1v) is 14.3. The van der Waals surface area contributed by atoms with Crippen LogP contribution in [0.2, 0.25) is 0 Å². The molecule has 0 bridgehead atoms. The zero-order chi connectivity index (χ0) is 31.4. The van der Waals surface area contributed by atoms with Crippen LogP contribution < -0.4 is 9.47 Å². The number of carbonyl (C=O) groups excluding carboxylic acids is 2. The minimum absolute atomic E-state index is 0.0950. The van der Waals surface area contributed by atoms with E-state index >= 15 is 0 Å². The Morgan fingerprint density at radius 3 is 2.07 bits per heavy atom. The van der Waals surface area contributed by atoms with Crippen LogP contribution >= 0.6 is 0 Å². The van der Waals surface area contributed by atoms with Gasteiger partial charge in [0.1, 0.15) is 18.1 Å². The van der Waals surface area contributed by atoms with E-state index in [-0.39, 0.29) is 28.3 Å². The lowest BCUT2D eigenvalue weighted by Crippen LogP contribution is -2.01. The van der Waals surface area contributed by atoms with E-state index in [2.05, 4.69) is 36.2 Å². The van der Waals surface area contributed by atoms with Crippen molar-refractivity contribution in [2.45, 2.75) is 40.2 Å². The number of fused-ring (bicyclic) bond motifs is 1. The highest BCUT2D eigenvalue weighted by atomic mass is 16.5. The third-order valence-corrected chi connectivity index (χ3v) is 7.20. The second-order valence-electron chi connectivity index (χ2n) is 10.7. The smallest absolute Gasteiger partial charge is 0.295 e. The Hall–Kier alpha value is -5.44. The number of amides is 2. The molecular weight excluding hydrogens is 558 g/mol. The maximum absolute atomic E-state index is 12.8. The van der Waals surface area contributed by atoms with E-state index in [1.54, 1.807) is 48.5 Å². The van der Waals surface area contributed by atoms with Gasteiger partial charge in [0.15, 0.2) is 0 Å². The maximum Gasteiger partial charge on any atom is 0.295 e. The van der Waals surface area contributed by atoms with E-state index in [0.717, 1.165) is 22.4 Å². The molecule has 0 aliphatic carbocycles. The summed E-state index contributed by atoms with van der Waals surface area (Å²) in [6.07, 6.45) is 0. The summed E-state index contributed by atoms with van der Waals surface area (Å²) in [6, 6.07) is 24.1. The largest absolute Gasteiger partial charge is 0.494 e. The molecule has 9 nitrogen and oxygen atoms in total. The third-order valence-electron chi connectivity index (χ3n) is 7.20. The number of aryl methyl sites for hydroxylation is 1. The van der Waals surface area contributed by atoms with Crippen molar-refractivity contribution in [3.05, 3.63) is 113 Å². The van der Waals surface area contributed by atoms with Gasteiger partial charge in [-0.1, -0.05) is 38.1 Å². The number of hydrogen-bond donors (Lipinski definition) is 2. The Morgan fingerprint density at radius 1 is 0.773 bits per heavy atom. The molecule has 2 N–H and O–H groups in total. The van der Waals surface area contributed by atoms with Crippen LogP contribution in [-0.2, 0) is 6.61 Å². The van der Waals surface area contributed by atoms with Crippen molar-refractivity contribution in [3.63, 3.8) is 0 Å². The van der Waals surface area contributed by atoms with Gasteiger partial charge < -0.3 is 19.7 Å². The van der Waals surface area contributed by atoms with Crippen LogP contribution in [0.25, 0.3) is 16.5 Å². The highest BCUT2D eigenvalue weighted by Gasteiger charge is 2.19. The number of ether oxygens (including phenoxy) is 2. The molecule has 5 rings (SSSR count). The van der Waals surface area contributed by atoms with Gasteiger partial charge >= 0.3 is 0 Å². The van der Waals surface area contributed by atoms with Gasteiger partial charge in [-0.05, 0) is 97.1 Å². The molecule has 0 fully saturated rings. The fourth-order valence-corrected chi connectivity index (χ4v) is 4.86. The predicted molar refractivity (Wildman–Crippen MR) is 167 cm³/mol. The van der Waals surface area contributed by atoms with Crippen molar-refractivity contribution in [1.82, 2.24) is 4.57 Å². The number of nitrogens with zero attached hydrogens (tertiary/aromatic N) is 3. The molecule has 0 spiro atoms. The van der Waals surface area contributed by atoms with Crippen LogP contribution in [0.4, 0.5) is 0 Å². The molecule has 0 aliphatic heterocycles. The molecule has 0 unspecified atom stereocenters. The average Bonchev–Trinajstić information content (AvgIpc) is 3.27. The van der Waals surface area contributed by atoms with E-state index in [1.807, 2.05) is 19.9 Å². The van der Waals surface area contributed by atoms with E-state index in [0.29, 0.717) is 36.0 Å². The number of aromatic nitrogens is 1. The molecule has 44 heavy (non-hydrogen) atoms. The van der Waals surface area contributed by atoms with Crippen LogP contribution in [0.3, 0.4) is 0 Å². The minimum atomic E-state index is -0.767. The Bertz CT molecular complexity index is 1860. The molecule has 4 aromatic carbocycles. The molecule has 0 saturated heterocycles. The summed E-state index contributed by atoms with van der Waals surface area (Å²) in [5, 5.41) is 29.5. The summed E-state index contributed by atoms with van der Waals surface area (Å²) in [4.78, 5) is 25.4. The highest BCUT2D eigenvalue weighted by molar-refractivity contribution is 6.03. The second-order valence-corrected chi connectivity index (χ2v) is 10.7. The Labute approximate surface area is 255 Å². The second kappa shape index (κ2) is 12.8. The van der Waals surface area contributed by atoms with Crippen LogP contribution in [-0.4, -0.2) is 33.2 Å². The zero-order valence-corrected chi connectivity index (χ0v) is 24.9. The fourth-order valence-electron chi connectivity index (χ4n) is 4.86. The van der Waals surface area contributed by atoms with Crippen molar-refractivity contribution in [1.29, 1.82) is 0 Å². The van der Waals surface area contributed by atoms with E-state index in [9.17, 15) is 19.8 Å². The van der Waals surface area contributed by atoms with E-state index < -0.39 is 11.8 Å². The van der Waals surface area contributed by atoms with Crippen molar-refractivity contribution in [3.8, 4) is 28.9 Å². The molecule has 9 heteroatoms. The van der Waals surface area contributed by atoms with Gasteiger partial charge in [-0.2, -0.15) is 0 Å². The molecule has 0 aliphatic rings. The molecule has 224 valence electrons. The lowest BCUT2D eigenvalue weighted by Gasteiger charge is -2.15. The molecule has 2 amide bonds. The zero-order valence-electron chi connectivity index (χ0n) is 24.9. The van der Waals surface area contributed by atoms with Crippen LogP contribution in [0.5, 0.6) is 23.3 Å². The van der Waals surface area contributed by atoms with E-state index in [4.69, 9.17) is 9.47 Å². The van der Waals surface area contributed by atoms with Gasteiger partial charge in [0.25, 0.3) is 11.8 Å². The van der Waals surface area contributed by atoms with Gasteiger partial charge in [-0.3, -0.25) is 14.2 Å². The van der Waals surface area contributed by atoms with E-state index in [1.165, 1.54) is 22.8 Å². The SMILES string of the molecule is CCOc1ccc(-n2c(O)c3ccc(C(=O)N=NC(=O)c4ccc(COc5cc(C)ccc5C(C)C)cc4)cc3c2O)cc1. The number of hydrogen-bond acceptors (Lipinski definition) is 6. The van der Waals surface area contributed by atoms with Gasteiger partial charge in [-0.25, -0.2) is 0 Å². The quantitative estimate of drug-likeness (QED) is 0.168. The van der Waals surface area contributed by atoms with Gasteiger partial charge in [0.05, 0.1) is 12.3 Å². The summed E-state index contributed by atoms with van der Waals surface area (Å²) in [6.45, 7) is 8.98. The van der Waals surface area contributed by atoms with Crippen molar-refractivity contribution in [2.24, 2.45) is 10.2 Å². The summed E-state index contributed by atoms with van der Waals surface area (Å²) in [5.41, 5.74) is 3.99. The molecule has 1 heterocycles. The van der Waals surface area contributed by atoms with Crippen molar-refractivity contribution >= 4 is 22.6 Å². The van der Waals surface area contributed by atoms with Crippen molar-refractivity contribution < 1.29 is 29.3 Å². The van der Waals surface area contributed by atoms with Crippen molar-refractivity contribution in [2.75, 3.05) is 6.61 Å². The number of aromatic hydroxyl groups is 2. The first-order valence-electron chi connectivity index (χ1n) is 14.3.